The van der Waals surface area contributed by atoms with Gasteiger partial charge in [0.05, 0.1) is 29.4 Å². The lowest BCUT2D eigenvalue weighted by molar-refractivity contribution is 0.212. The number of rotatable bonds is 7. The lowest BCUT2D eigenvalue weighted by Crippen LogP contribution is -2.46. The van der Waals surface area contributed by atoms with E-state index in [0.717, 1.165) is 25.1 Å². The van der Waals surface area contributed by atoms with Crippen molar-refractivity contribution >= 4 is 17.6 Å². The van der Waals surface area contributed by atoms with Gasteiger partial charge in [-0.25, -0.2) is 9.18 Å². The van der Waals surface area contributed by atoms with Crippen LogP contribution in [0.5, 0.6) is 0 Å². The monoisotopic (exact) mass is 409 g/mol. The molecule has 1 saturated heterocycles. The van der Waals surface area contributed by atoms with Crippen molar-refractivity contribution in [3.05, 3.63) is 58.8 Å². The van der Waals surface area contributed by atoms with Crippen molar-refractivity contribution in [2.24, 2.45) is 0 Å². The number of carbonyl (C=O) groups excluding carboxylic acids is 1. The lowest BCUT2D eigenvalue weighted by Gasteiger charge is -2.29. The molecule has 0 aliphatic carbocycles. The second-order valence-corrected chi connectivity index (χ2v) is 7.25. The summed E-state index contributed by atoms with van der Waals surface area (Å²) in [5, 5.41) is 15.2. The van der Waals surface area contributed by atoms with Crippen LogP contribution in [0.2, 0.25) is 5.02 Å². The summed E-state index contributed by atoms with van der Waals surface area (Å²) >= 11 is 5.82. The van der Waals surface area contributed by atoms with Crippen molar-refractivity contribution in [3.8, 4) is 0 Å². The van der Waals surface area contributed by atoms with E-state index in [9.17, 15) is 14.3 Å². The van der Waals surface area contributed by atoms with Crippen molar-refractivity contribution in [3.63, 3.8) is 0 Å². The number of aliphatic hydroxyl groups excluding tert-OH is 1. The van der Waals surface area contributed by atoms with Gasteiger partial charge in [-0.15, -0.1) is 0 Å². The number of hydrogen-bond acceptors (Lipinski definition) is 4. The van der Waals surface area contributed by atoms with Crippen molar-refractivity contribution < 1.29 is 18.7 Å². The zero-order chi connectivity index (χ0) is 20.1. The molecule has 1 aliphatic heterocycles. The first-order chi connectivity index (χ1) is 13.5. The molecule has 3 rings (SSSR count). The summed E-state index contributed by atoms with van der Waals surface area (Å²) < 4.78 is 19.3. The molecule has 1 aromatic heterocycles. The highest BCUT2D eigenvalue weighted by molar-refractivity contribution is 6.30. The molecular weight excluding hydrogens is 385 g/mol. The van der Waals surface area contributed by atoms with Gasteiger partial charge in [-0.05, 0) is 49.2 Å². The molecule has 6 nitrogen and oxygen atoms in total. The van der Waals surface area contributed by atoms with Gasteiger partial charge in [0.2, 0.25) is 0 Å². The molecule has 2 aromatic rings. The van der Waals surface area contributed by atoms with Crippen LogP contribution in [0.1, 0.15) is 43.2 Å². The van der Waals surface area contributed by atoms with E-state index in [0.29, 0.717) is 12.2 Å². The molecule has 2 heterocycles. The van der Waals surface area contributed by atoms with Crippen LogP contribution in [0.25, 0.3) is 0 Å². The number of carbonyl (C=O) groups is 1. The maximum atomic E-state index is 14.0. The quantitative estimate of drug-likeness (QED) is 0.652. The first kappa shape index (κ1) is 20.6. The van der Waals surface area contributed by atoms with Crippen LogP contribution >= 0.6 is 11.6 Å². The van der Waals surface area contributed by atoms with E-state index >= 15 is 0 Å². The summed E-state index contributed by atoms with van der Waals surface area (Å²) in [6.07, 6.45) is 2.63. The van der Waals surface area contributed by atoms with Crippen LogP contribution in [-0.2, 0) is 0 Å². The number of likely N-dealkylation sites (tertiary alicyclic amines) is 1. The Hall–Kier alpha value is -2.09. The molecule has 3 unspecified atom stereocenters. The minimum atomic E-state index is -0.467. The lowest BCUT2D eigenvalue weighted by atomic mass is 10.00. The summed E-state index contributed by atoms with van der Waals surface area (Å²) in [5.41, 5.74) is 0.782. The largest absolute Gasteiger partial charge is 0.467 e. The summed E-state index contributed by atoms with van der Waals surface area (Å²) in [5.74, 6) is 0.119. The average molecular weight is 410 g/mol. The third kappa shape index (κ3) is 4.66. The maximum Gasteiger partial charge on any atom is 0.315 e. The van der Waals surface area contributed by atoms with E-state index in [-0.39, 0.29) is 29.7 Å². The molecule has 0 bridgehead atoms. The van der Waals surface area contributed by atoms with Gasteiger partial charge in [-0.1, -0.05) is 24.6 Å². The highest BCUT2D eigenvalue weighted by Gasteiger charge is 2.36. The van der Waals surface area contributed by atoms with Crippen molar-refractivity contribution in [2.45, 2.75) is 37.9 Å². The van der Waals surface area contributed by atoms with Crippen molar-refractivity contribution in [1.82, 2.24) is 15.5 Å². The van der Waals surface area contributed by atoms with Gasteiger partial charge in [0.1, 0.15) is 11.6 Å². The number of furan rings is 1. The number of nitrogens with one attached hydrogen (secondary N) is 2. The molecule has 1 aliphatic rings. The van der Waals surface area contributed by atoms with E-state index in [1.165, 1.54) is 12.3 Å². The zero-order valence-electron chi connectivity index (χ0n) is 15.7. The minimum Gasteiger partial charge on any atom is -0.467 e. The predicted molar refractivity (Wildman–Crippen MR) is 105 cm³/mol. The molecule has 28 heavy (non-hydrogen) atoms. The minimum absolute atomic E-state index is 0.0780. The maximum absolute atomic E-state index is 14.0. The Morgan fingerprint density at radius 2 is 2.29 bits per heavy atom. The van der Waals surface area contributed by atoms with E-state index < -0.39 is 11.9 Å². The molecule has 1 fully saturated rings. The smallest absolute Gasteiger partial charge is 0.315 e. The number of likely N-dealkylation sites (N-methyl/N-ethyl adjacent to an activating group) is 1. The Kier molecular flexibility index (Phi) is 6.93. The van der Waals surface area contributed by atoms with Crippen molar-refractivity contribution in [2.75, 3.05) is 19.7 Å². The molecule has 0 radical (unpaired) electrons. The molecule has 0 saturated carbocycles. The summed E-state index contributed by atoms with van der Waals surface area (Å²) in [6, 6.07) is 7.19. The van der Waals surface area contributed by atoms with Crippen LogP contribution in [0.4, 0.5) is 9.18 Å². The van der Waals surface area contributed by atoms with Gasteiger partial charge < -0.3 is 20.2 Å². The molecule has 8 heteroatoms. The van der Waals surface area contributed by atoms with Crippen LogP contribution in [0.3, 0.4) is 0 Å². The predicted octanol–water partition coefficient (Wildman–Crippen LogP) is 3.63. The highest BCUT2D eigenvalue weighted by Crippen LogP contribution is 2.33. The third-order valence-corrected chi connectivity index (χ3v) is 5.43. The average Bonchev–Trinajstić information content (AvgIpc) is 3.33. The van der Waals surface area contributed by atoms with E-state index in [4.69, 9.17) is 16.0 Å². The molecule has 152 valence electrons. The number of halogens is 2. The van der Waals surface area contributed by atoms with Gasteiger partial charge in [-0.2, -0.15) is 0 Å². The first-order valence-electron chi connectivity index (χ1n) is 9.43. The van der Waals surface area contributed by atoms with Crippen LogP contribution < -0.4 is 10.6 Å². The van der Waals surface area contributed by atoms with E-state index in [1.807, 2.05) is 6.92 Å². The summed E-state index contributed by atoms with van der Waals surface area (Å²) in [4.78, 5) is 14.8. The second-order valence-electron chi connectivity index (χ2n) is 6.84. The first-order valence-corrected chi connectivity index (χ1v) is 9.81. The van der Waals surface area contributed by atoms with Gasteiger partial charge in [-0.3, -0.25) is 4.90 Å². The van der Waals surface area contributed by atoms with Crippen molar-refractivity contribution in [1.29, 1.82) is 0 Å². The van der Waals surface area contributed by atoms with Crippen LogP contribution in [0.15, 0.2) is 41.0 Å². The molecule has 3 N–H and O–H groups in total. The van der Waals surface area contributed by atoms with Gasteiger partial charge in [0.25, 0.3) is 0 Å². The van der Waals surface area contributed by atoms with Gasteiger partial charge >= 0.3 is 6.03 Å². The molecule has 3 atom stereocenters. The summed E-state index contributed by atoms with van der Waals surface area (Å²) in [7, 11) is 0. The van der Waals surface area contributed by atoms with E-state index in [1.54, 1.807) is 24.3 Å². The second kappa shape index (κ2) is 9.41. The number of hydrogen-bond donors (Lipinski definition) is 3. The number of amides is 2. The van der Waals surface area contributed by atoms with Gasteiger partial charge in [0, 0.05) is 13.2 Å². The number of urea groups is 1. The molecular formula is C20H25ClFN3O3. The SMILES string of the molecule is CCN1CCC(NC(=O)NC(CCO)c2ccco2)C1c1ccc(Cl)c(F)c1. The number of aliphatic hydroxyl groups is 1. The Morgan fingerprint density at radius 1 is 1.46 bits per heavy atom. The topological polar surface area (TPSA) is 77.7 Å². The Morgan fingerprint density at radius 3 is 2.93 bits per heavy atom. The molecule has 1 aromatic carbocycles. The molecule has 2 amide bonds. The zero-order valence-corrected chi connectivity index (χ0v) is 16.5. The number of benzene rings is 1. The Labute approximate surface area is 168 Å². The Balaban J connectivity index is 1.72. The highest BCUT2D eigenvalue weighted by atomic mass is 35.5. The number of nitrogens with zero attached hydrogens (tertiary/aromatic N) is 1. The van der Waals surface area contributed by atoms with E-state index in [2.05, 4.69) is 15.5 Å². The van der Waals surface area contributed by atoms with Gasteiger partial charge in [0.15, 0.2) is 0 Å². The fraction of sp³-hybridized carbons (Fsp3) is 0.450. The third-order valence-electron chi connectivity index (χ3n) is 5.12. The standard InChI is InChI=1S/C20H25ClFN3O3/c1-2-25-9-7-17(19(25)13-5-6-14(21)15(22)12-13)24-20(27)23-16(8-10-26)18-4-3-11-28-18/h3-6,11-12,16-17,19,26H,2,7-10H2,1H3,(H2,23,24,27). The summed E-state index contributed by atoms with van der Waals surface area (Å²) in [6.45, 7) is 3.55. The molecule has 0 spiro atoms. The van der Waals surface area contributed by atoms with Crippen LogP contribution in [0, 0.1) is 5.82 Å². The fourth-order valence-corrected chi connectivity index (χ4v) is 3.89. The van der Waals surface area contributed by atoms with Crippen LogP contribution in [-0.4, -0.2) is 41.8 Å². The fourth-order valence-electron chi connectivity index (χ4n) is 3.77. The Bertz CT molecular complexity index is 787. The normalized spacial score (nSPS) is 20.9.